The molecule has 0 amide bonds. The molecule has 2 aliphatic rings. The summed E-state index contributed by atoms with van der Waals surface area (Å²) in [5.74, 6) is 0.784. The highest BCUT2D eigenvalue weighted by Crippen LogP contribution is 2.58. The molecular formula is C15H20Cl2N2. The van der Waals surface area contributed by atoms with Crippen molar-refractivity contribution in [2.45, 2.75) is 50.0 Å². The fourth-order valence-corrected chi connectivity index (χ4v) is 4.21. The molecule has 2 aliphatic carbocycles. The van der Waals surface area contributed by atoms with E-state index in [0.29, 0.717) is 21.8 Å². The van der Waals surface area contributed by atoms with E-state index < -0.39 is 0 Å². The van der Waals surface area contributed by atoms with Gasteiger partial charge in [0.05, 0.1) is 0 Å². The Morgan fingerprint density at radius 3 is 2.16 bits per heavy atom. The highest BCUT2D eigenvalue weighted by Gasteiger charge is 2.51. The van der Waals surface area contributed by atoms with Gasteiger partial charge in [0, 0.05) is 6.04 Å². The monoisotopic (exact) mass is 298 g/mol. The zero-order chi connectivity index (χ0) is 13.5. The van der Waals surface area contributed by atoms with Crippen LogP contribution in [0.25, 0.3) is 0 Å². The largest absolute Gasteiger partial charge is 0.317 e. The van der Waals surface area contributed by atoms with Crippen molar-refractivity contribution in [2.24, 2.45) is 5.92 Å². The van der Waals surface area contributed by atoms with Crippen LogP contribution in [0.1, 0.15) is 44.1 Å². The minimum atomic E-state index is 0.342. The molecule has 0 radical (unpaired) electrons. The summed E-state index contributed by atoms with van der Waals surface area (Å²) in [6.07, 6.45) is 7.74. The van der Waals surface area contributed by atoms with E-state index >= 15 is 0 Å². The number of nitrogens with one attached hydrogen (secondary N) is 1. The van der Waals surface area contributed by atoms with Gasteiger partial charge in [-0.2, -0.15) is 0 Å². The van der Waals surface area contributed by atoms with Crippen LogP contribution in [0.15, 0.2) is 12.1 Å². The van der Waals surface area contributed by atoms with Gasteiger partial charge in [-0.3, -0.25) is 0 Å². The summed E-state index contributed by atoms with van der Waals surface area (Å²) in [5.41, 5.74) is 1.65. The summed E-state index contributed by atoms with van der Waals surface area (Å²) in [4.78, 5) is 4.07. The summed E-state index contributed by atoms with van der Waals surface area (Å²) in [6, 6.07) is 4.74. The fraction of sp³-hybridized carbons (Fsp3) is 0.667. The molecule has 0 aromatic carbocycles. The maximum Gasteiger partial charge on any atom is 0.131 e. The summed E-state index contributed by atoms with van der Waals surface area (Å²) in [6.45, 7) is 0. The minimum Gasteiger partial charge on any atom is -0.317 e. The van der Waals surface area contributed by atoms with Crippen LogP contribution in [0.3, 0.4) is 0 Å². The second-order valence-electron chi connectivity index (χ2n) is 5.99. The summed E-state index contributed by atoms with van der Waals surface area (Å²) in [7, 11) is 2.07. The van der Waals surface area contributed by atoms with Gasteiger partial charge in [0.15, 0.2) is 0 Å². The molecule has 0 saturated heterocycles. The van der Waals surface area contributed by atoms with Crippen molar-refractivity contribution < 1.29 is 0 Å². The first-order chi connectivity index (χ1) is 9.14. The van der Waals surface area contributed by atoms with Gasteiger partial charge in [0.1, 0.15) is 10.3 Å². The van der Waals surface area contributed by atoms with Crippen LogP contribution in [-0.2, 0) is 5.41 Å². The van der Waals surface area contributed by atoms with Gasteiger partial charge < -0.3 is 5.32 Å². The topological polar surface area (TPSA) is 24.9 Å². The van der Waals surface area contributed by atoms with E-state index in [9.17, 15) is 0 Å². The Hall–Kier alpha value is -0.310. The van der Waals surface area contributed by atoms with Crippen molar-refractivity contribution >= 4 is 23.2 Å². The second-order valence-corrected chi connectivity index (χ2v) is 6.77. The van der Waals surface area contributed by atoms with Crippen LogP contribution in [0.2, 0.25) is 10.3 Å². The molecule has 2 fully saturated rings. The van der Waals surface area contributed by atoms with E-state index in [4.69, 9.17) is 23.2 Å². The maximum atomic E-state index is 6.06. The molecule has 2 saturated carbocycles. The first-order valence-corrected chi connectivity index (χ1v) is 7.90. The minimum absolute atomic E-state index is 0.342. The lowest BCUT2D eigenvalue weighted by molar-refractivity contribution is 0.252. The second kappa shape index (κ2) is 5.23. The van der Waals surface area contributed by atoms with E-state index in [1.807, 2.05) is 12.1 Å². The number of aromatic nitrogens is 1. The summed E-state index contributed by atoms with van der Waals surface area (Å²) < 4.78 is 0. The van der Waals surface area contributed by atoms with Crippen molar-refractivity contribution in [3.63, 3.8) is 0 Å². The molecule has 0 spiro atoms. The van der Waals surface area contributed by atoms with Crippen LogP contribution in [-0.4, -0.2) is 18.1 Å². The van der Waals surface area contributed by atoms with E-state index in [0.717, 1.165) is 5.92 Å². The Bertz CT molecular complexity index is 443. The standard InChI is InChI=1S/C15H20Cl2N2/c1-18-12-4-2-10(3-5-12)15(6-7-15)11-8-13(16)19-14(17)9-11/h8-10,12,18H,2-7H2,1H3. The highest BCUT2D eigenvalue weighted by atomic mass is 35.5. The van der Waals surface area contributed by atoms with Crippen molar-refractivity contribution in [1.29, 1.82) is 0 Å². The third-order valence-corrected chi connectivity index (χ3v) is 5.43. The smallest absolute Gasteiger partial charge is 0.131 e. The van der Waals surface area contributed by atoms with E-state index in [-0.39, 0.29) is 0 Å². The van der Waals surface area contributed by atoms with E-state index in [1.165, 1.54) is 44.1 Å². The van der Waals surface area contributed by atoms with Crippen molar-refractivity contribution in [3.8, 4) is 0 Å². The zero-order valence-electron chi connectivity index (χ0n) is 11.3. The van der Waals surface area contributed by atoms with Gasteiger partial charge in [0.2, 0.25) is 0 Å². The third-order valence-electron chi connectivity index (χ3n) is 5.04. The number of nitrogens with zero attached hydrogens (tertiary/aromatic N) is 1. The molecule has 2 nitrogen and oxygen atoms in total. The number of rotatable bonds is 3. The molecule has 0 bridgehead atoms. The number of pyridine rings is 1. The predicted molar refractivity (Wildman–Crippen MR) is 80.0 cm³/mol. The van der Waals surface area contributed by atoms with Gasteiger partial charge >= 0.3 is 0 Å². The van der Waals surface area contributed by atoms with Crippen molar-refractivity contribution in [2.75, 3.05) is 7.05 Å². The predicted octanol–water partition coefficient (Wildman–Crippen LogP) is 4.20. The fourth-order valence-electron chi connectivity index (χ4n) is 3.75. The molecule has 0 aliphatic heterocycles. The Morgan fingerprint density at radius 1 is 1.11 bits per heavy atom. The van der Waals surface area contributed by atoms with E-state index in [1.54, 1.807) is 0 Å². The number of halogens is 2. The van der Waals surface area contributed by atoms with Gasteiger partial charge in [-0.25, -0.2) is 4.98 Å². The zero-order valence-corrected chi connectivity index (χ0v) is 12.8. The van der Waals surface area contributed by atoms with Crippen LogP contribution < -0.4 is 5.32 Å². The van der Waals surface area contributed by atoms with Crippen LogP contribution in [0.5, 0.6) is 0 Å². The number of hydrogen-bond donors (Lipinski definition) is 1. The molecular weight excluding hydrogens is 279 g/mol. The normalized spacial score (nSPS) is 29.2. The van der Waals surface area contributed by atoms with Gasteiger partial charge in [-0.05, 0) is 74.6 Å². The lowest BCUT2D eigenvalue weighted by atomic mass is 9.73. The average Bonchev–Trinajstić information content (AvgIpc) is 3.19. The first kappa shape index (κ1) is 13.7. The average molecular weight is 299 g/mol. The van der Waals surface area contributed by atoms with Gasteiger partial charge in [-0.1, -0.05) is 23.2 Å². The van der Waals surface area contributed by atoms with E-state index in [2.05, 4.69) is 17.3 Å². The Labute approximate surface area is 124 Å². The quantitative estimate of drug-likeness (QED) is 0.846. The molecule has 0 unspecified atom stereocenters. The van der Waals surface area contributed by atoms with Gasteiger partial charge in [-0.15, -0.1) is 0 Å². The summed E-state index contributed by atoms with van der Waals surface area (Å²) >= 11 is 12.1. The number of hydrogen-bond acceptors (Lipinski definition) is 2. The molecule has 1 heterocycles. The molecule has 104 valence electrons. The highest BCUT2D eigenvalue weighted by molar-refractivity contribution is 6.32. The molecule has 1 aromatic heterocycles. The Kier molecular flexibility index (Phi) is 3.76. The molecule has 19 heavy (non-hydrogen) atoms. The molecule has 1 aromatic rings. The lowest BCUT2D eigenvalue weighted by Crippen LogP contribution is -2.34. The van der Waals surface area contributed by atoms with Crippen molar-refractivity contribution in [3.05, 3.63) is 28.0 Å². The Morgan fingerprint density at radius 2 is 1.68 bits per heavy atom. The van der Waals surface area contributed by atoms with Crippen LogP contribution >= 0.6 is 23.2 Å². The SMILES string of the molecule is CNC1CCC(C2(c3cc(Cl)nc(Cl)c3)CC2)CC1. The maximum absolute atomic E-state index is 6.06. The van der Waals surface area contributed by atoms with Crippen molar-refractivity contribution in [1.82, 2.24) is 10.3 Å². The summed E-state index contributed by atoms with van der Waals surface area (Å²) in [5, 5.41) is 4.45. The molecule has 0 atom stereocenters. The van der Waals surface area contributed by atoms with Gasteiger partial charge in [0.25, 0.3) is 0 Å². The molecule has 4 heteroatoms. The van der Waals surface area contributed by atoms with Crippen LogP contribution in [0.4, 0.5) is 0 Å². The molecule has 1 N–H and O–H groups in total. The van der Waals surface area contributed by atoms with Crippen LogP contribution in [0, 0.1) is 5.92 Å². The third kappa shape index (κ3) is 2.63. The Balaban J connectivity index is 1.80. The first-order valence-electron chi connectivity index (χ1n) is 7.15. The lowest BCUT2D eigenvalue weighted by Gasteiger charge is -2.34. The molecule has 3 rings (SSSR count).